The van der Waals surface area contributed by atoms with Crippen LogP contribution in [0.4, 0.5) is 4.39 Å². The second-order valence-corrected chi connectivity index (χ2v) is 7.19. The van der Waals surface area contributed by atoms with Gasteiger partial charge in [0.15, 0.2) is 5.67 Å². The summed E-state index contributed by atoms with van der Waals surface area (Å²) in [7, 11) is 1.80. The number of fused-ring (bicyclic) bond motifs is 1. The molecule has 1 aromatic rings. The molecule has 0 saturated heterocycles. The van der Waals surface area contributed by atoms with Gasteiger partial charge in [0.1, 0.15) is 20.3 Å². The first-order valence-electron chi connectivity index (χ1n) is 8.50. The van der Waals surface area contributed by atoms with Crippen LogP contribution < -0.4 is 0 Å². The highest BCUT2D eigenvalue weighted by Gasteiger charge is 2.49. The summed E-state index contributed by atoms with van der Waals surface area (Å²) in [6.45, 7) is 10.4. The van der Waals surface area contributed by atoms with E-state index in [1.807, 2.05) is 18.5 Å². The number of hydrogen-bond acceptors (Lipinski definition) is 2. The Morgan fingerprint density at radius 3 is 2.62 bits per heavy atom. The minimum absolute atomic E-state index is 0.287. The lowest BCUT2D eigenvalue weighted by atomic mass is 9.47. The van der Waals surface area contributed by atoms with Crippen LogP contribution in [0.1, 0.15) is 63.8 Å². The average Bonchev–Trinajstić information content (AvgIpc) is 2.87. The zero-order valence-electron chi connectivity index (χ0n) is 14.2. The van der Waals surface area contributed by atoms with E-state index in [1.165, 1.54) is 0 Å². The Labute approximate surface area is 129 Å². The zero-order valence-corrected chi connectivity index (χ0v) is 14.2. The summed E-state index contributed by atoms with van der Waals surface area (Å²) in [4.78, 5) is 0. The number of alkyl halides is 1. The summed E-state index contributed by atoms with van der Waals surface area (Å²) in [6.07, 6.45) is 4.61. The van der Waals surface area contributed by atoms with Crippen molar-refractivity contribution in [2.75, 3.05) is 0 Å². The van der Waals surface area contributed by atoms with E-state index in [1.54, 1.807) is 0 Å². The van der Waals surface area contributed by atoms with Crippen molar-refractivity contribution >= 4 is 14.6 Å². The van der Waals surface area contributed by atoms with Crippen molar-refractivity contribution < 1.29 is 4.39 Å². The maximum absolute atomic E-state index is 16.0. The summed E-state index contributed by atoms with van der Waals surface area (Å²) >= 11 is 0. The Morgan fingerprint density at radius 2 is 2.00 bits per heavy atom. The van der Waals surface area contributed by atoms with Crippen LogP contribution >= 0.6 is 0 Å². The smallest absolute Gasteiger partial charge is 0.154 e. The molecule has 0 saturated carbocycles. The third-order valence-electron chi connectivity index (χ3n) is 5.57. The van der Waals surface area contributed by atoms with E-state index in [0.717, 1.165) is 45.9 Å². The Kier molecular flexibility index (Phi) is 4.84. The molecule has 0 fully saturated rings. The fraction of sp³-hybridized carbons (Fsp3) is 0.867. The SMILES string of the molecule is CBC(C)n1nnc2c1CCCCCC2(F)C(C)(C)BC. The van der Waals surface area contributed by atoms with Crippen LogP contribution in [0.5, 0.6) is 0 Å². The van der Waals surface area contributed by atoms with Crippen LogP contribution in [0.2, 0.25) is 19.0 Å². The number of halogens is 1. The van der Waals surface area contributed by atoms with Gasteiger partial charge in [-0.15, -0.1) is 5.10 Å². The zero-order chi connectivity index (χ0) is 15.7. The van der Waals surface area contributed by atoms with Crippen molar-refractivity contribution in [3.63, 3.8) is 0 Å². The largest absolute Gasteiger partial charge is 0.254 e. The molecule has 2 rings (SSSR count). The van der Waals surface area contributed by atoms with Crippen LogP contribution in [-0.2, 0) is 12.1 Å². The maximum Gasteiger partial charge on any atom is 0.154 e. The number of nitrogens with zero attached hydrogens (tertiary/aromatic N) is 3. The molecule has 1 aliphatic carbocycles. The van der Waals surface area contributed by atoms with E-state index < -0.39 is 11.0 Å². The summed E-state index contributed by atoms with van der Waals surface area (Å²) in [5, 5.41) is 8.25. The maximum atomic E-state index is 16.0. The molecule has 6 heteroatoms. The Hall–Kier alpha value is -0.800. The van der Waals surface area contributed by atoms with Gasteiger partial charge >= 0.3 is 0 Å². The standard InChI is InChI=1S/C15H28B2FN3/c1-11(16-4)21-12-9-7-6-8-10-15(18,13(12)19-20-21)14(2,3)17-5/h11,16-17H,6-10H2,1-5H3. The highest BCUT2D eigenvalue weighted by molar-refractivity contribution is 6.38. The molecule has 116 valence electrons. The Morgan fingerprint density at radius 1 is 1.29 bits per heavy atom. The summed E-state index contributed by atoms with van der Waals surface area (Å²) in [6, 6.07) is 0. The first-order chi connectivity index (χ1) is 9.87. The van der Waals surface area contributed by atoms with E-state index in [4.69, 9.17) is 0 Å². The second-order valence-electron chi connectivity index (χ2n) is 7.19. The monoisotopic (exact) mass is 291 g/mol. The van der Waals surface area contributed by atoms with Crippen molar-refractivity contribution in [3.05, 3.63) is 11.4 Å². The minimum atomic E-state index is -1.36. The first kappa shape index (κ1) is 16.6. The van der Waals surface area contributed by atoms with Crippen molar-refractivity contribution in [2.24, 2.45) is 0 Å². The van der Waals surface area contributed by atoms with Gasteiger partial charge < -0.3 is 0 Å². The topological polar surface area (TPSA) is 30.7 Å². The van der Waals surface area contributed by atoms with Crippen molar-refractivity contribution in [3.8, 4) is 0 Å². The molecule has 0 aliphatic heterocycles. The molecule has 0 N–H and O–H groups in total. The van der Waals surface area contributed by atoms with Gasteiger partial charge in [0, 0.05) is 5.94 Å². The van der Waals surface area contributed by atoms with E-state index in [2.05, 4.69) is 30.9 Å². The Bertz CT molecular complexity index is 489. The van der Waals surface area contributed by atoms with Gasteiger partial charge in [0.25, 0.3) is 0 Å². The molecule has 0 bridgehead atoms. The summed E-state index contributed by atoms with van der Waals surface area (Å²) < 4.78 is 18.0. The highest BCUT2D eigenvalue weighted by Crippen LogP contribution is 2.52. The van der Waals surface area contributed by atoms with Gasteiger partial charge in [0.05, 0.1) is 5.69 Å². The van der Waals surface area contributed by atoms with Crippen LogP contribution in [0.3, 0.4) is 0 Å². The molecular weight excluding hydrogens is 263 g/mol. The van der Waals surface area contributed by atoms with Gasteiger partial charge in [-0.2, -0.15) is 0 Å². The second kappa shape index (κ2) is 6.13. The molecule has 2 unspecified atom stereocenters. The molecule has 1 aliphatic rings. The average molecular weight is 291 g/mol. The lowest BCUT2D eigenvalue weighted by Crippen LogP contribution is -2.38. The molecule has 0 amide bonds. The fourth-order valence-electron chi connectivity index (χ4n) is 3.28. The third-order valence-corrected chi connectivity index (χ3v) is 5.57. The van der Waals surface area contributed by atoms with Crippen LogP contribution in [-0.4, -0.2) is 29.6 Å². The molecule has 21 heavy (non-hydrogen) atoms. The molecule has 2 atom stereocenters. The lowest BCUT2D eigenvalue weighted by Gasteiger charge is -2.40. The summed E-state index contributed by atoms with van der Waals surface area (Å²) in [5.41, 5.74) is 0.297. The van der Waals surface area contributed by atoms with E-state index in [-0.39, 0.29) is 5.94 Å². The molecule has 1 heterocycles. The highest BCUT2D eigenvalue weighted by atomic mass is 19.1. The van der Waals surface area contributed by atoms with Gasteiger partial charge in [-0.1, -0.05) is 46.1 Å². The fourth-order valence-corrected chi connectivity index (χ4v) is 3.28. The molecule has 0 spiro atoms. The Balaban J connectivity index is 2.55. The number of hydrogen-bond donors (Lipinski definition) is 0. The van der Waals surface area contributed by atoms with Gasteiger partial charge in [-0.05, 0) is 31.0 Å². The van der Waals surface area contributed by atoms with E-state index in [9.17, 15) is 0 Å². The van der Waals surface area contributed by atoms with Gasteiger partial charge in [-0.25, -0.2) is 4.39 Å². The van der Waals surface area contributed by atoms with E-state index >= 15 is 4.39 Å². The van der Waals surface area contributed by atoms with Gasteiger partial charge in [0.2, 0.25) is 0 Å². The third kappa shape index (κ3) is 2.78. The predicted molar refractivity (Wildman–Crippen MR) is 89.8 cm³/mol. The van der Waals surface area contributed by atoms with Gasteiger partial charge in [-0.3, -0.25) is 4.68 Å². The summed E-state index contributed by atoms with van der Waals surface area (Å²) in [5.74, 6) is 0.287. The predicted octanol–water partition coefficient (Wildman–Crippen LogP) is 3.25. The molecule has 0 aromatic carbocycles. The molecular formula is C15H28B2FN3. The minimum Gasteiger partial charge on any atom is -0.254 e. The quantitative estimate of drug-likeness (QED) is 0.797. The van der Waals surface area contributed by atoms with Crippen molar-refractivity contribution in [1.82, 2.24) is 15.0 Å². The molecule has 1 aromatic heterocycles. The lowest BCUT2D eigenvalue weighted by molar-refractivity contribution is 0.0843. The molecule has 0 radical (unpaired) electrons. The van der Waals surface area contributed by atoms with Crippen LogP contribution in [0, 0.1) is 0 Å². The van der Waals surface area contributed by atoms with Crippen LogP contribution in [0.25, 0.3) is 0 Å². The first-order valence-corrected chi connectivity index (χ1v) is 8.50. The molecule has 3 nitrogen and oxygen atoms in total. The van der Waals surface area contributed by atoms with Crippen molar-refractivity contribution in [1.29, 1.82) is 0 Å². The van der Waals surface area contributed by atoms with Crippen LogP contribution in [0.15, 0.2) is 0 Å². The van der Waals surface area contributed by atoms with E-state index in [0.29, 0.717) is 12.1 Å². The van der Waals surface area contributed by atoms with Crippen molar-refractivity contribution in [2.45, 2.75) is 83.4 Å². The normalized spacial score (nSPS) is 24.7. The number of aromatic nitrogens is 3. The number of rotatable bonds is 4.